The molecule has 39 heavy (non-hydrogen) atoms. The molecule has 3 aromatic rings. The Labute approximate surface area is 230 Å². The Balaban J connectivity index is 1.30. The number of aromatic hydroxyl groups is 1. The predicted molar refractivity (Wildman–Crippen MR) is 151 cm³/mol. The van der Waals surface area contributed by atoms with E-state index >= 15 is 0 Å². The molecule has 0 spiro atoms. The van der Waals surface area contributed by atoms with Gasteiger partial charge in [0.2, 0.25) is 0 Å². The SMILES string of the molecule is CCCCNC(=O)c1cccc(COCCOc2ccc(CCNC[C@H](O)c3ccc(O)c(CO)c3)cc2)c1. The highest BCUT2D eigenvalue weighted by Gasteiger charge is 2.10. The number of rotatable bonds is 17. The largest absolute Gasteiger partial charge is 0.508 e. The van der Waals surface area contributed by atoms with Crippen LogP contribution in [0.1, 0.15) is 58.5 Å². The number of aliphatic hydroxyl groups is 2. The molecule has 1 atom stereocenters. The van der Waals surface area contributed by atoms with E-state index in [0.29, 0.717) is 56.1 Å². The van der Waals surface area contributed by atoms with Crippen molar-refractivity contribution in [2.75, 3.05) is 32.8 Å². The lowest BCUT2D eigenvalue weighted by atomic mass is 10.1. The molecule has 3 aromatic carbocycles. The molecule has 0 bridgehead atoms. The minimum Gasteiger partial charge on any atom is -0.508 e. The molecular weight excluding hydrogens is 496 g/mol. The Morgan fingerprint density at radius 2 is 1.79 bits per heavy atom. The second-order valence-electron chi connectivity index (χ2n) is 9.37. The quantitative estimate of drug-likeness (QED) is 0.166. The Kier molecular flexibility index (Phi) is 12.8. The molecule has 210 valence electrons. The van der Waals surface area contributed by atoms with E-state index in [1.54, 1.807) is 12.1 Å². The topological polar surface area (TPSA) is 120 Å². The maximum absolute atomic E-state index is 12.2. The van der Waals surface area contributed by atoms with Gasteiger partial charge in [0, 0.05) is 24.2 Å². The zero-order valence-electron chi connectivity index (χ0n) is 22.6. The smallest absolute Gasteiger partial charge is 0.251 e. The predicted octanol–water partition coefficient (Wildman–Crippen LogP) is 3.88. The Morgan fingerprint density at radius 1 is 0.974 bits per heavy atom. The number of carbonyl (C=O) groups excluding carboxylic acids is 1. The van der Waals surface area contributed by atoms with Gasteiger partial charge in [0.25, 0.3) is 5.91 Å². The first-order valence-electron chi connectivity index (χ1n) is 13.5. The van der Waals surface area contributed by atoms with Gasteiger partial charge in [-0.1, -0.05) is 43.7 Å². The number of aliphatic hydroxyl groups excluding tert-OH is 2. The first kappa shape index (κ1) is 30.1. The normalized spacial score (nSPS) is 11.8. The van der Waals surface area contributed by atoms with Gasteiger partial charge in [-0.2, -0.15) is 0 Å². The summed E-state index contributed by atoms with van der Waals surface area (Å²) in [5, 5.41) is 35.4. The highest BCUT2D eigenvalue weighted by atomic mass is 16.5. The molecule has 8 nitrogen and oxygen atoms in total. The molecule has 0 heterocycles. The number of carbonyl (C=O) groups is 1. The van der Waals surface area contributed by atoms with E-state index < -0.39 is 6.10 Å². The van der Waals surface area contributed by atoms with Crippen molar-refractivity contribution in [3.05, 3.63) is 94.5 Å². The summed E-state index contributed by atoms with van der Waals surface area (Å²) >= 11 is 0. The third kappa shape index (κ3) is 10.3. The molecule has 0 radical (unpaired) electrons. The number of hydrogen-bond acceptors (Lipinski definition) is 7. The zero-order chi connectivity index (χ0) is 27.9. The number of hydrogen-bond donors (Lipinski definition) is 5. The third-order valence-electron chi connectivity index (χ3n) is 6.28. The van der Waals surface area contributed by atoms with E-state index in [2.05, 4.69) is 17.6 Å². The molecular formula is C31H40N2O6. The van der Waals surface area contributed by atoms with Crippen LogP contribution in [-0.2, 0) is 24.4 Å². The molecule has 3 rings (SSSR count). The van der Waals surface area contributed by atoms with Gasteiger partial charge < -0.3 is 35.4 Å². The molecule has 0 aliphatic rings. The molecule has 5 N–H and O–H groups in total. The second-order valence-corrected chi connectivity index (χ2v) is 9.37. The summed E-state index contributed by atoms with van der Waals surface area (Å²) in [5.41, 5.74) is 3.78. The summed E-state index contributed by atoms with van der Waals surface area (Å²) in [6, 6.07) is 20.1. The summed E-state index contributed by atoms with van der Waals surface area (Å²) < 4.78 is 11.5. The van der Waals surface area contributed by atoms with Crippen LogP contribution in [-0.4, -0.2) is 54.1 Å². The van der Waals surface area contributed by atoms with Crippen LogP contribution in [0.15, 0.2) is 66.7 Å². The van der Waals surface area contributed by atoms with Crippen LogP contribution in [0.25, 0.3) is 0 Å². The first-order chi connectivity index (χ1) is 19.0. The van der Waals surface area contributed by atoms with Crippen molar-refractivity contribution in [1.29, 1.82) is 0 Å². The Hall–Kier alpha value is -3.43. The van der Waals surface area contributed by atoms with Crippen molar-refractivity contribution >= 4 is 5.91 Å². The maximum atomic E-state index is 12.2. The van der Waals surface area contributed by atoms with Crippen molar-refractivity contribution in [1.82, 2.24) is 10.6 Å². The fourth-order valence-electron chi connectivity index (χ4n) is 3.97. The fraction of sp³-hybridized carbons (Fsp3) is 0.387. The van der Waals surface area contributed by atoms with E-state index in [0.717, 1.165) is 36.1 Å². The number of amides is 1. The number of unbranched alkanes of at least 4 members (excludes halogenated alkanes) is 1. The zero-order valence-corrected chi connectivity index (χ0v) is 22.6. The van der Waals surface area contributed by atoms with Crippen molar-refractivity contribution in [2.24, 2.45) is 0 Å². The number of benzene rings is 3. The van der Waals surface area contributed by atoms with Crippen LogP contribution in [0.3, 0.4) is 0 Å². The summed E-state index contributed by atoms with van der Waals surface area (Å²) in [6.45, 7) is 4.83. The lowest BCUT2D eigenvalue weighted by Crippen LogP contribution is -2.24. The molecule has 0 saturated carbocycles. The van der Waals surface area contributed by atoms with Gasteiger partial charge in [0.15, 0.2) is 0 Å². The first-order valence-corrected chi connectivity index (χ1v) is 13.5. The minimum atomic E-state index is -0.729. The molecule has 8 heteroatoms. The lowest BCUT2D eigenvalue weighted by molar-refractivity contribution is 0.0886. The van der Waals surface area contributed by atoms with Gasteiger partial charge in [-0.05, 0) is 72.5 Å². The van der Waals surface area contributed by atoms with Gasteiger partial charge in [-0.15, -0.1) is 0 Å². The second kappa shape index (κ2) is 16.5. The van der Waals surface area contributed by atoms with Crippen molar-refractivity contribution in [3.63, 3.8) is 0 Å². The van der Waals surface area contributed by atoms with Crippen LogP contribution in [0, 0.1) is 0 Å². The van der Waals surface area contributed by atoms with Gasteiger partial charge in [-0.3, -0.25) is 4.79 Å². The van der Waals surface area contributed by atoms with Crippen molar-refractivity contribution in [2.45, 2.75) is 45.5 Å². The van der Waals surface area contributed by atoms with Gasteiger partial charge in [-0.25, -0.2) is 0 Å². The van der Waals surface area contributed by atoms with Crippen LogP contribution in [0.5, 0.6) is 11.5 Å². The molecule has 0 aromatic heterocycles. The summed E-state index contributed by atoms with van der Waals surface area (Å²) in [4.78, 5) is 12.2. The molecule has 0 unspecified atom stereocenters. The average Bonchev–Trinajstić information content (AvgIpc) is 2.96. The molecule has 1 amide bonds. The molecule has 0 fully saturated rings. The van der Waals surface area contributed by atoms with Crippen LogP contribution >= 0.6 is 0 Å². The fourth-order valence-corrected chi connectivity index (χ4v) is 3.97. The van der Waals surface area contributed by atoms with E-state index in [9.17, 15) is 20.1 Å². The Bertz CT molecular complexity index is 1150. The van der Waals surface area contributed by atoms with E-state index in [-0.39, 0.29) is 18.3 Å². The van der Waals surface area contributed by atoms with Gasteiger partial charge in [0.05, 0.1) is 25.9 Å². The van der Waals surface area contributed by atoms with Crippen LogP contribution < -0.4 is 15.4 Å². The lowest BCUT2D eigenvalue weighted by Gasteiger charge is -2.14. The summed E-state index contributed by atoms with van der Waals surface area (Å²) in [7, 11) is 0. The van der Waals surface area contributed by atoms with E-state index in [1.165, 1.54) is 6.07 Å². The van der Waals surface area contributed by atoms with E-state index in [1.807, 2.05) is 48.5 Å². The monoisotopic (exact) mass is 536 g/mol. The third-order valence-corrected chi connectivity index (χ3v) is 6.28. The number of phenols is 1. The van der Waals surface area contributed by atoms with Gasteiger partial charge in [0.1, 0.15) is 18.1 Å². The molecule has 0 saturated heterocycles. The summed E-state index contributed by atoms with van der Waals surface area (Å²) in [6.07, 6.45) is 2.08. The maximum Gasteiger partial charge on any atom is 0.251 e. The van der Waals surface area contributed by atoms with Crippen LogP contribution in [0.2, 0.25) is 0 Å². The minimum absolute atomic E-state index is 0.0205. The average molecular weight is 537 g/mol. The number of ether oxygens (including phenoxy) is 2. The van der Waals surface area contributed by atoms with Crippen molar-refractivity contribution < 1.29 is 29.6 Å². The molecule has 0 aliphatic carbocycles. The highest BCUT2D eigenvalue weighted by Crippen LogP contribution is 2.22. The van der Waals surface area contributed by atoms with Crippen LogP contribution in [0.4, 0.5) is 0 Å². The standard InChI is InChI=1S/C31H40N2O6/c1-2-3-14-33-31(37)26-6-4-5-24(18-26)22-38-16-17-39-28-10-7-23(8-11-28)13-15-32-20-30(36)25-9-12-29(35)27(19-25)21-34/h4-12,18-19,30,32,34-36H,2-3,13-17,20-22H2,1H3,(H,33,37)/t30-/m0/s1. The van der Waals surface area contributed by atoms with E-state index in [4.69, 9.17) is 9.47 Å². The van der Waals surface area contributed by atoms with Crippen molar-refractivity contribution in [3.8, 4) is 11.5 Å². The summed E-state index contributed by atoms with van der Waals surface area (Å²) in [5.74, 6) is 0.729. The van der Waals surface area contributed by atoms with Gasteiger partial charge >= 0.3 is 0 Å². The Morgan fingerprint density at radius 3 is 2.56 bits per heavy atom. The molecule has 0 aliphatic heterocycles. The number of nitrogens with one attached hydrogen (secondary N) is 2. The highest BCUT2D eigenvalue weighted by molar-refractivity contribution is 5.94.